The zero-order valence-electron chi connectivity index (χ0n) is 3.22. The molecule has 0 bridgehead atoms. The van der Waals surface area contributed by atoms with E-state index in [4.69, 9.17) is 34.8 Å². The number of rotatable bonds is 1. The third kappa shape index (κ3) is 3.65. The van der Waals surface area contributed by atoms with Gasteiger partial charge in [-0.05, 0) is 0 Å². The van der Waals surface area contributed by atoms with Gasteiger partial charge in [-0.25, -0.2) is 0 Å². The van der Waals surface area contributed by atoms with Gasteiger partial charge in [0.2, 0.25) is 0 Å². The van der Waals surface area contributed by atoms with Crippen molar-refractivity contribution in [1.29, 1.82) is 0 Å². The number of halogens is 4. The Morgan fingerprint density at radius 1 is 1.29 bits per heavy atom. The topological polar surface area (TPSA) is 0 Å². The highest BCUT2D eigenvalue weighted by molar-refractivity contribution is 9.09. The molecule has 0 saturated heterocycles. The summed E-state index contributed by atoms with van der Waals surface area (Å²) in [4.78, 5) is 0. The summed E-state index contributed by atoms with van der Waals surface area (Å²) >= 11 is 18.8. The minimum absolute atomic E-state index is 0.124. The largest absolute Gasteiger partial charge is 0.122 e. The van der Waals surface area contributed by atoms with E-state index in [2.05, 4.69) is 15.9 Å². The van der Waals surface area contributed by atoms with Crippen LogP contribution in [-0.4, -0.2) is 5.33 Å². The molecule has 7 heavy (non-hydrogen) atoms. The van der Waals surface area contributed by atoms with Gasteiger partial charge in [0.05, 0.1) is 5.03 Å². The smallest absolute Gasteiger partial charge is 0.0866 e. The van der Waals surface area contributed by atoms with Crippen molar-refractivity contribution < 1.29 is 0 Å². The normalized spacial score (nSPS) is 8.57. The SMILES string of the molecule is ClC(Cl)=C(Cl)CBr. The third-order valence-corrected chi connectivity index (χ3v) is 2.18. The van der Waals surface area contributed by atoms with Crippen molar-refractivity contribution in [2.24, 2.45) is 0 Å². The summed E-state index contributed by atoms with van der Waals surface area (Å²) in [6.45, 7) is 0. The van der Waals surface area contributed by atoms with Gasteiger partial charge in [0.15, 0.2) is 0 Å². The molecule has 0 amide bonds. The van der Waals surface area contributed by atoms with Crippen molar-refractivity contribution >= 4 is 50.7 Å². The molecule has 0 rings (SSSR count). The minimum Gasteiger partial charge on any atom is -0.0866 e. The van der Waals surface area contributed by atoms with Gasteiger partial charge in [-0.3, -0.25) is 0 Å². The summed E-state index contributed by atoms with van der Waals surface area (Å²) < 4.78 is 0.124. The van der Waals surface area contributed by atoms with Crippen LogP contribution in [0, 0.1) is 0 Å². The average molecular weight is 224 g/mol. The number of hydrogen-bond donors (Lipinski definition) is 0. The molecule has 0 aliphatic rings. The van der Waals surface area contributed by atoms with Crippen molar-refractivity contribution in [3.05, 3.63) is 9.52 Å². The summed E-state index contributed by atoms with van der Waals surface area (Å²) in [6, 6.07) is 0. The maximum absolute atomic E-state index is 5.37. The van der Waals surface area contributed by atoms with Crippen LogP contribution < -0.4 is 0 Å². The van der Waals surface area contributed by atoms with E-state index in [0.717, 1.165) is 0 Å². The molecule has 0 aromatic rings. The van der Waals surface area contributed by atoms with Gasteiger partial charge in [0, 0.05) is 5.33 Å². The molecular weight excluding hydrogens is 222 g/mol. The van der Waals surface area contributed by atoms with E-state index in [-0.39, 0.29) is 4.49 Å². The first-order valence-corrected chi connectivity index (χ1v) is 3.69. The fraction of sp³-hybridized carbons (Fsp3) is 0.333. The molecule has 0 aliphatic carbocycles. The van der Waals surface area contributed by atoms with Crippen molar-refractivity contribution in [2.75, 3.05) is 5.33 Å². The molecule has 0 spiro atoms. The molecule has 0 atom stereocenters. The second-order valence-corrected chi connectivity index (χ2v) is 2.77. The molecule has 0 N–H and O–H groups in total. The number of allylic oxidation sites excluding steroid dienone is 1. The Morgan fingerprint density at radius 3 is 1.71 bits per heavy atom. The van der Waals surface area contributed by atoms with Gasteiger partial charge in [-0.1, -0.05) is 50.7 Å². The molecule has 0 aliphatic heterocycles. The summed E-state index contributed by atoms with van der Waals surface area (Å²) in [5.41, 5.74) is 0. The average Bonchev–Trinajstić information content (AvgIpc) is 1.65. The molecule has 0 saturated carbocycles. The van der Waals surface area contributed by atoms with Crippen LogP contribution in [0.4, 0.5) is 0 Å². The molecule has 0 heterocycles. The summed E-state index contributed by atoms with van der Waals surface area (Å²) in [7, 11) is 0. The van der Waals surface area contributed by atoms with Gasteiger partial charge in [-0.15, -0.1) is 0 Å². The van der Waals surface area contributed by atoms with E-state index < -0.39 is 0 Å². The first-order chi connectivity index (χ1) is 3.18. The minimum atomic E-state index is 0.124. The molecule has 0 nitrogen and oxygen atoms in total. The highest BCUT2D eigenvalue weighted by Crippen LogP contribution is 2.18. The van der Waals surface area contributed by atoms with E-state index in [9.17, 15) is 0 Å². The monoisotopic (exact) mass is 222 g/mol. The Hall–Kier alpha value is 1.09. The van der Waals surface area contributed by atoms with Crippen LogP contribution in [0.25, 0.3) is 0 Å². The molecule has 0 aromatic carbocycles. The van der Waals surface area contributed by atoms with Crippen LogP contribution in [0.2, 0.25) is 0 Å². The molecule has 42 valence electrons. The molecule has 4 heteroatoms. The van der Waals surface area contributed by atoms with Crippen LogP contribution in [0.5, 0.6) is 0 Å². The van der Waals surface area contributed by atoms with Crippen molar-refractivity contribution in [2.45, 2.75) is 0 Å². The number of hydrogen-bond acceptors (Lipinski definition) is 0. The summed E-state index contributed by atoms with van der Waals surface area (Å²) in [6.07, 6.45) is 0. The standard InChI is InChI=1S/C3H2BrCl3/c4-1-2(5)3(6)7/h1H2. The van der Waals surface area contributed by atoms with Gasteiger partial charge in [0.25, 0.3) is 0 Å². The quantitative estimate of drug-likeness (QED) is 0.600. The van der Waals surface area contributed by atoms with Crippen molar-refractivity contribution in [3.63, 3.8) is 0 Å². The fourth-order valence-electron chi connectivity index (χ4n) is 0.0505. The zero-order valence-corrected chi connectivity index (χ0v) is 7.07. The molecule has 0 fully saturated rings. The van der Waals surface area contributed by atoms with E-state index in [0.29, 0.717) is 10.4 Å². The second-order valence-electron chi connectivity index (χ2n) is 0.799. The molecular formula is C3H2BrCl3. The lowest BCUT2D eigenvalue weighted by Crippen LogP contribution is -1.68. The Morgan fingerprint density at radius 2 is 1.71 bits per heavy atom. The molecule has 0 radical (unpaired) electrons. The first kappa shape index (κ1) is 8.09. The predicted molar refractivity (Wildman–Crippen MR) is 38.4 cm³/mol. The van der Waals surface area contributed by atoms with Crippen LogP contribution in [0.3, 0.4) is 0 Å². The van der Waals surface area contributed by atoms with E-state index in [1.807, 2.05) is 0 Å². The van der Waals surface area contributed by atoms with Crippen molar-refractivity contribution in [1.82, 2.24) is 0 Å². The van der Waals surface area contributed by atoms with Crippen LogP contribution in [0.1, 0.15) is 0 Å². The molecule has 0 unspecified atom stereocenters. The van der Waals surface area contributed by atoms with E-state index in [1.165, 1.54) is 0 Å². The number of alkyl halides is 1. The summed E-state index contributed by atoms with van der Waals surface area (Å²) in [5.74, 6) is 0. The molecule has 0 aromatic heterocycles. The Balaban J connectivity index is 3.72. The van der Waals surface area contributed by atoms with Crippen LogP contribution in [0.15, 0.2) is 9.52 Å². The fourth-order valence-corrected chi connectivity index (χ4v) is 0.787. The van der Waals surface area contributed by atoms with Crippen LogP contribution in [-0.2, 0) is 0 Å². The van der Waals surface area contributed by atoms with Gasteiger partial charge in [-0.2, -0.15) is 0 Å². The maximum Gasteiger partial charge on any atom is 0.122 e. The Kier molecular flexibility index (Phi) is 4.64. The maximum atomic E-state index is 5.37. The Labute approximate surface area is 65.6 Å². The van der Waals surface area contributed by atoms with Gasteiger partial charge >= 0.3 is 0 Å². The van der Waals surface area contributed by atoms with Gasteiger partial charge < -0.3 is 0 Å². The highest BCUT2D eigenvalue weighted by atomic mass is 79.9. The predicted octanol–water partition coefficient (Wildman–Crippen LogP) is 3.27. The highest BCUT2D eigenvalue weighted by Gasteiger charge is 1.92. The van der Waals surface area contributed by atoms with E-state index in [1.54, 1.807) is 0 Å². The lowest BCUT2D eigenvalue weighted by atomic mass is 10.7. The summed E-state index contributed by atoms with van der Waals surface area (Å²) in [5, 5.41) is 0.944. The van der Waals surface area contributed by atoms with Gasteiger partial charge in [0.1, 0.15) is 4.49 Å². The van der Waals surface area contributed by atoms with Crippen molar-refractivity contribution in [3.8, 4) is 0 Å². The third-order valence-electron chi connectivity index (χ3n) is 0.322. The van der Waals surface area contributed by atoms with Crippen LogP contribution >= 0.6 is 50.7 Å². The Bertz CT molecular complexity index is 84.2. The first-order valence-electron chi connectivity index (χ1n) is 1.44. The lowest BCUT2D eigenvalue weighted by molar-refractivity contribution is 1.74. The second kappa shape index (κ2) is 4.02. The van der Waals surface area contributed by atoms with E-state index >= 15 is 0 Å². The lowest BCUT2D eigenvalue weighted by Gasteiger charge is -1.85. The zero-order chi connectivity index (χ0) is 5.86.